The Morgan fingerprint density at radius 2 is 1.94 bits per heavy atom. The van der Waals surface area contributed by atoms with Crippen molar-refractivity contribution in [1.82, 2.24) is 10.2 Å². The molecule has 88 valence electrons. The minimum Gasteiger partial charge on any atom is -0.366 e. The summed E-state index contributed by atoms with van der Waals surface area (Å²) >= 11 is 0. The van der Waals surface area contributed by atoms with Crippen LogP contribution in [0.2, 0.25) is 0 Å². The summed E-state index contributed by atoms with van der Waals surface area (Å²) < 4.78 is 36.6. The molecule has 0 saturated heterocycles. The van der Waals surface area contributed by atoms with E-state index in [0.29, 0.717) is 17.8 Å². The summed E-state index contributed by atoms with van der Waals surface area (Å²) in [4.78, 5) is 0. The Kier molecular flexibility index (Phi) is 2.73. The first kappa shape index (κ1) is 11.2. The van der Waals surface area contributed by atoms with Crippen molar-refractivity contribution in [1.29, 1.82) is 0 Å². The molecule has 0 radical (unpaired) electrons. The van der Waals surface area contributed by atoms with Crippen molar-refractivity contribution >= 4 is 5.82 Å². The molecule has 1 aromatic rings. The van der Waals surface area contributed by atoms with Crippen LogP contribution in [0.4, 0.5) is 19.0 Å². The quantitative estimate of drug-likeness (QED) is 0.850. The van der Waals surface area contributed by atoms with E-state index in [1.165, 1.54) is 6.07 Å². The Balaban J connectivity index is 1.97. The lowest BCUT2D eigenvalue weighted by atomic mass is 9.82. The number of hydrogen-bond acceptors (Lipinski definition) is 3. The van der Waals surface area contributed by atoms with Crippen molar-refractivity contribution in [2.24, 2.45) is 5.92 Å². The SMILES string of the molecule is CC1CC(Nc2ccc(C(F)(F)F)nn2)C1. The van der Waals surface area contributed by atoms with Crippen molar-refractivity contribution in [2.75, 3.05) is 5.32 Å². The van der Waals surface area contributed by atoms with Crippen LogP contribution >= 0.6 is 0 Å². The van der Waals surface area contributed by atoms with E-state index < -0.39 is 11.9 Å². The zero-order valence-electron chi connectivity index (χ0n) is 8.75. The highest BCUT2D eigenvalue weighted by Gasteiger charge is 2.33. The third kappa shape index (κ3) is 2.43. The third-order valence-electron chi connectivity index (χ3n) is 2.68. The molecule has 16 heavy (non-hydrogen) atoms. The smallest absolute Gasteiger partial charge is 0.366 e. The first-order valence-electron chi connectivity index (χ1n) is 5.12. The summed E-state index contributed by atoms with van der Waals surface area (Å²) in [6, 6.07) is 2.58. The maximum Gasteiger partial charge on any atom is 0.435 e. The molecule has 0 spiro atoms. The second kappa shape index (κ2) is 3.92. The Hall–Kier alpha value is -1.33. The van der Waals surface area contributed by atoms with Crippen LogP contribution < -0.4 is 5.32 Å². The molecule has 0 unspecified atom stereocenters. The van der Waals surface area contributed by atoms with Gasteiger partial charge in [-0.25, -0.2) is 0 Å². The normalized spacial score (nSPS) is 25.0. The van der Waals surface area contributed by atoms with Crippen molar-refractivity contribution < 1.29 is 13.2 Å². The molecule has 0 amide bonds. The van der Waals surface area contributed by atoms with Crippen molar-refractivity contribution in [3.05, 3.63) is 17.8 Å². The van der Waals surface area contributed by atoms with Gasteiger partial charge in [0.1, 0.15) is 5.82 Å². The van der Waals surface area contributed by atoms with Gasteiger partial charge in [-0.3, -0.25) is 0 Å². The van der Waals surface area contributed by atoms with Gasteiger partial charge in [-0.05, 0) is 30.9 Å². The molecule has 1 aliphatic carbocycles. The summed E-state index contributed by atoms with van der Waals surface area (Å²) in [5.74, 6) is 1.09. The van der Waals surface area contributed by atoms with E-state index in [1.807, 2.05) is 0 Å². The minimum atomic E-state index is -4.42. The predicted octanol–water partition coefficient (Wildman–Crippen LogP) is 2.71. The predicted molar refractivity (Wildman–Crippen MR) is 52.8 cm³/mol. The lowest BCUT2D eigenvalue weighted by Crippen LogP contribution is -2.34. The highest BCUT2D eigenvalue weighted by Crippen LogP contribution is 2.30. The summed E-state index contributed by atoms with van der Waals surface area (Å²) in [5, 5.41) is 9.70. The second-order valence-electron chi connectivity index (χ2n) is 4.22. The molecule has 1 saturated carbocycles. The van der Waals surface area contributed by atoms with Gasteiger partial charge >= 0.3 is 6.18 Å². The van der Waals surface area contributed by atoms with E-state index in [4.69, 9.17) is 0 Å². The van der Waals surface area contributed by atoms with Crippen LogP contribution in [0.1, 0.15) is 25.5 Å². The standard InChI is InChI=1S/C10H12F3N3/c1-6-4-7(5-6)14-9-3-2-8(15-16-9)10(11,12)13/h2-3,6-7H,4-5H2,1H3,(H,14,16). The molecule has 6 heteroatoms. The van der Waals surface area contributed by atoms with E-state index in [2.05, 4.69) is 22.4 Å². The molecular formula is C10H12F3N3. The molecule has 0 aliphatic heterocycles. The van der Waals surface area contributed by atoms with Crippen LogP contribution in [0.3, 0.4) is 0 Å². The van der Waals surface area contributed by atoms with Crippen molar-refractivity contribution in [2.45, 2.75) is 32.0 Å². The average Bonchev–Trinajstić information content (AvgIpc) is 2.15. The molecular weight excluding hydrogens is 219 g/mol. The first-order valence-corrected chi connectivity index (χ1v) is 5.12. The summed E-state index contributed by atoms with van der Waals surface area (Å²) in [7, 11) is 0. The third-order valence-corrected chi connectivity index (χ3v) is 2.68. The molecule has 1 aliphatic rings. The molecule has 0 bridgehead atoms. The van der Waals surface area contributed by atoms with Gasteiger partial charge in [-0.15, -0.1) is 10.2 Å². The van der Waals surface area contributed by atoms with Crippen LogP contribution in [0.15, 0.2) is 12.1 Å². The molecule has 2 rings (SSSR count). The number of anilines is 1. The van der Waals surface area contributed by atoms with Crippen LogP contribution in [-0.2, 0) is 6.18 Å². The number of nitrogens with zero attached hydrogens (tertiary/aromatic N) is 2. The summed E-state index contributed by atoms with van der Waals surface area (Å²) in [6.07, 6.45) is -2.36. The Labute approximate surface area is 91.1 Å². The largest absolute Gasteiger partial charge is 0.435 e. The highest BCUT2D eigenvalue weighted by atomic mass is 19.4. The number of hydrogen-bond donors (Lipinski definition) is 1. The Bertz CT molecular complexity index is 355. The van der Waals surface area contributed by atoms with E-state index >= 15 is 0 Å². The van der Waals surface area contributed by atoms with E-state index in [-0.39, 0.29) is 0 Å². The fourth-order valence-corrected chi connectivity index (χ4v) is 1.79. The number of aromatic nitrogens is 2. The van der Waals surface area contributed by atoms with Gasteiger partial charge in [0.05, 0.1) is 0 Å². The molecule has 0 aromatic carbocycles. The van der Waals surface area contributed by atoms with Crippen LogP contribution in [0.25, 0.3) is 0 Å². The average molecular weight is 231 g/mol. The van der Waals surface area contributed by atoms with Gasteiger partial charge in [0, 0.05) is 6.04 Å². The molecule has 0 atom stereocenters. The van der Waals surface area contributed by atoms with E-state index in [9.17, 15) is 13.2 Å². The number of rotatable bonds is 2. The van der Waals surface area contributed by atoms with Crippen LogP contribution in [0, 0.1) is 5.92 Å². The number of alkyl halides is 3. The Morgan fingerprint density at radius 3 is 2.38 bits per heavy atom. The molecule has 1 N–H and O–H groups in total. The molecule has 1 fully saturated rings. The minimum absolute atomic E-state index is 0.320. The maximum atomic E-state index is 12.2. The van der Waals surface area contributed by atoms with E-state index in [1.54, 1.807) is 0 Å². The van der Waals surface area contributed by atoms with Crippen LogP contribution in [-0.4, -0.2) is 16.2 Å². The fraction of sp³-hybridized carbons (Fsp3) is 0.600. The molecule has 3 nitrogen and oxygen atoms in total. The monoisotopic (exact) mass is 231 g/mol. The van der Waals surface area contributed by atoms with Gasteiger partial charge in [-0.1, -0.05) is 6.92 Å². The zero-order chi connectivity index (χ0) is 11.8. The molecule has 1 aromatic heterocycles. The summed E-state index contributed by atoms with van der Waals surface area (Å²) in [6.45, 7) is 2.14. The van der Waals surface area contributed by atoms with Gasteiger partial charge in [0.25, 0.3) is 0 Å². The number of halogens is 3. The topological polar surface area (TPSA) is 37.8 Å². The Morgan fingerprint density at radius 1 is 1.25 bits per heavy atom. The second-order valence-corrected chi connectivity index (χ2v) is 4.22. The lowest BCUT2D eigenvalue weighted by molar-refractivity contribution is -0.141. The highest BCUT2D eigenvalue weighted by molar-refractivity contribution is 5.35. The van der Waals surface area contributed by atoms with Gasteiger partial charge in [-0.2, -0.15) is 13.2 Å². The van der Waals surface area contributed by atoms with Gasteiger partial charge in [0.2, 0.25) is 0 Å². The van der Waals surface area contributed by atoms with Gasteiger partial charge < -0.3 is 5.32 Å². The molecule has 1 heterocycles. The summed E-state index contributed by atoms with van der Waals surface area (Å²) in [5.41, 5.74) is -0.958. The lowest BCUT2D eigenvalue weighted by Gasteiger charge is -2.33. The zero-order valence-corrected chi connectivity index (χ0v) is 8.75. The fourth-order valence-electron chi connectivity index (χ4n) is 1.79. The van der Waals surface area contributed by atoms with Crippen LogP contribution in [0.5, 0.6) is 0 Å². The van der Waals surface area contributed by atoms with E-state index in [0.717, 1.165) is 18.9 Å². The van der Waals surface area contributed by atoms with Crippen molar-refractivity contribution in [3.63, 3.8) is 0 Å². The van der Waals surface area contributed by atoms with Gasteiger partial charge in [0.15, 0.2) is 5.69 Å². The number of nitrogens with one attached hydrogen (secondary N) is 1. The first-order chi connectivity index (χ1) is 7.45. The van der Waals surface area contributed by atoms with Crippen molar-refractivity contribution in [3.8, 4) is 0 Å². The maximum absolute atomic E-state index is 12.2.